The largest absolute Gasteiger partial charge is 0.496 e. The maximum atomic E-state index is 6.19. The van der Waals surface area contributed by atoms with E-state index in [1.165, 1.54) is 0 Å². The van der Waals surface area contributed by atoms with Gasteiger partial charge in [0.05, 0.1) is 23.9 Å². The molecule has 1 N–H and O–H groups in total. The van der Waals surface area contributed by atoms with Crippen molar-refractivity contribution in [1.29, 1.82) is 0 Å². The number of hydrogen-bond donors (Lipinski definition) is 1. The molecule has 2 nitrogen and oxygen atoms in total. The molecule has 0 radical (unpaired) electrons. The second kappa shape index (κ2) is 6.48. The molecule has 100 valence electrons. The molecule has 0 heterocycles. The van der Waals surface area contributed by atoms with Crippen LogP contribution in [0.25, 0.3) is 0 Å². The van der Waals surface area contributed by atoms with Crippen LogP contribution < -0.4 is 10.1 Å². The van der Waals surface area contributed by atoms with E-state index in [1.54, 1.807) is 7.11 Å². The van der Waals surface area contributed by atoms with Crippen LogP contribution in [0.5, 0.6) is 5.75 Å². The average molecular weight is 276 g/mol. The lowest BCUT2D eigenvalue weighted by atomic mass is 10.0. The molecular weight excluding hydrogens is 258 g/mol. The van der Waals surface area contributed by atoms with Crippen LogP contribution in [0.4, 0.5) is 5.69 Å². The molecule has 2 rings (SSSR count). The van der Waals surface area contributed by atoms with E-state index in [0.717, 1.165) is 28.4 Å². The van der Waals surface area contributed by atoms with Gasteiger partial charge < -0.3 is 10.1 Å². The van der Waals surface area contributed by atoms with Gasteiger partial charge in [-0.2, -0.15) is 0 Å². The average Bonchev–Trinajstić information content (AvgIpc) is 2.46. The van der Waals surface area contributed by atoms with Crippen LogP contribution in [0, 0.1) is 0 Å². The van der Waals surface area contributed by atoms with Crippen molar-refractivity contribution in [1.82, 2.24) is 0 Å². The van der Waals surface area contributed by atoms with E-state index in [4.69, 9.17) is 16.3 Å². The fourth-order valence-electron chi connectivity index (χ4n) is 2.12. The smallest absolute Gasteiger partial charge is 0.124 e. The van der Waals surface area contributed by atoms with Crippen molar-refractivity contribution >= 4 is 17.3 Å². The molecule has 0 amide bonds. The lowest BCUT2D eigenvalue weighted by Gasteiger charge is -2.21. The van der Waals surface area contributed by atoms with Gasteiger partial charge in [-0.3, -0.25) is 0 Å². The Bertz CT molecular complexity index is 542. The zero-order valence-electron chi connectivity index (χ0n) is 11.2. The minimum atomic E-state index is 0.177. The maximum Gasteiger partial charge on any atom is 0.124 e. The Kier molecular flexibility index (Phi) is 4.69. The predicted molar refractivity (Wildman–Crippen MR) is 81.1 cm³/mol. The van der Waals surface area contributed by atoms with Gasteiger partial charge in [-0.15, -0.1) is 0 Å². The van der Waals surface area contributed by atoms with Crippen LogP contribution in [0.3, 0.4) is 0 Å². The van der Waals surface area contributed by atoms with Gasteiger partial charge >= 0.3 is 0 Å². The Hall–Kier alpha value is -1.67. The number of methoxy groups -OCH3 is 1. The monoisotopic (exact) mass is 275 g/mol. The number of benzene rings is 2. The molecule has 1 unspecified atom stereocenters. The Morgan fingerprint density at radius 1 is 1.11 bits per heavy atom. The second-order valence-electron chi connectivity index (χ2n) is 4.33. The number of para-hydroxylation sites is 2. The van der Waals surface area contributed by atoms with E-state index in [9.17, 15) is 0 Å². The van der Waals surface area contributed by atoms with Gasteiger partial charge in [0.2, 0.25) is 0 Å². The molecule has 2 aromatic carbocycles. The van der Waals surface area contributed by atoms with E-state index >= 15 is 0 Å². The van der Waals surface area contributed by atoms with E-state index in [2.05, 4.69) is 18.3 Å². The Morgan fingerprint density at radius 3 is 2.47 bits per heavy atom. The molecule has 0 bridgehead atoms. The highest BCUT2D eigenvalue weighted by Gasteiger charge is 2.14. The summed E-state index contributed by atoms with van der Waals surface area (Å²) in [5.41, 5.74) is 2.09. The van der Waals surface area contributed by atoms with Crippen molar-refractivity contribution < 1.29 is 4.74 Å². The minimum Gasteiger partial charge on any atom is -0.496 e. The van der Waals surface area contributed by atoms with Gasteiger partial charge in [-0.05, 0) is 24.6 Å². The zero-order chi connectivity index (χ0) is 13.7. The molecule has 19 heavy (non-hydrogen) atoms. The van der Waals surface area contributed by atoms with Crippen LogP contribution >= 0.6 is 11.6 Å². The summed E-state index contributed by atoms with van der Waals surface area (Å²) in [6.07, 6.45) is 0.950. The van der Waals surface area contributed by atoms with Crippen molar-refractivity contribution in [3.8, 4) is 5.75 Å². The summed E-state index contributed by atoms with van der Waals surface area (Å²) in [5, 5.41) is 4.21. The topological polar surface area (TPSA) is 21.3 Å². The first-order valence-electron chi connectivity index (χ1n) is 6.40. The number of hydrogen-bond acceptors (Lipinski definition) is 2. The van der Waals surface area contributed by atoms with Crippen molar-refractivity contribution in [3.63, 3.8) is 0 Å². The van der Waals surface area contributed by atoms with Gasteiger partial charge in [0.15, 0.2) is 0 Å². The van der Waals surface area contributed by atoms with Gasteiger partial charge in [-0.25, -0.2) is 0 Å². The molecule has 0 saturated heterocycles. The first kappa shape index (κ1) is 13.8. The van der Waals surface area contributed by atoms with Gasteiger partial charge in [-0.1, -0.05) is 48.9 Å². The van der Waals surface area contributed by atoms with Gasteiger partial charge in [0.1, 0.15) is 5.75 Å². The third-order valence-electron chi connectivity index (χ3n) is 3.13. The zero-order valence-corrected chi connectivity index (χ0v) is 11.9. The molecule has 0 aliphatic carbocycles. The van der Waals surface area contributed by atoms with Crippen molar-refractivity contribution in [2.75, 3.05) is 12.4 Å². The normalized spacial score (nSPS) is 11.9. The van der Waals surface area contributed by atoms with Crippen LogP contribution in [-0.4, -0.2) is 7.11 Å². The number of nitrogens with one attached hydrogen (secondary N) is 1. The lowest BCUT2D eigenvalue weighted by molar-refractivity contribution is 0.406. The number of anilines is 1. The molecule has 2 aromatic rings. The van der Waals surface area contributed by atoms with Gasteiger partial charge in [0.25, 0.3) is 0 Å². The molecule has 3 heteroatoms. The predicted octanol–water partition coefficient (Wildman–Crippen LogP) is 4.91. The molecule has 1 atom stereocenters. The Balaban J connectivity index is 2.28. The van der Waals surface area contributed by atoms with Gasteiger partial charge in [0, 0.05) is 5.56 Å². The summed E-state index contributed by atoms with van der Waals surface area (Å²) in [7, 11) is 1.70. The molecular formula is C16H18ClNO. The first-order chi connectivity index (χ1) is 9.26. The van der Waals surface area contributed by atoms with Crippen LogP contribution in [0.1, 0.15) is 24.9 Å². The summed E-state index contributed by atoms with van der Waals surface area (Å²) < 4.78 is 5.42. The lowest BCUT2D eigenvalue weighted by Crippen LogP contribution is -2.11. The standard InChI is InChI=1S/C16H18ClNO/c1-3-14(12-8-4-7-11-16(12)19-2)18-15-10-6-5-9-13(15)17/h4-11,14,18H,3H2,1-2H3. The molecule has 0 aliphatic rings. The summed E-state index contributed by atoms with van der Waals surface area (Å²) in [5.74, 6) is 0.897. The minimum absolute atomic E-state index is 0.177. The van der Waals surface area contributed by atoms with Crippen LogP contribution in [-0.2, 0) is 0 Å². The molecule has 0 spiro atoms. The van der Waals surface area contributed by atoms with Crippen molar-refractivity contribution in [3.05, 3.63) is 59.1 Å². The van der Waals surface area contributed by atoms with Crippen molar-refractivity contribution in [2.24, 2.45) is 0 Å². The Morgan fingerprint density at radius 2 is 1.79 bits per heavy atom. The number of halogens is 1. The fraction of sp³-hybridized carbons (Fsp3) is 0.250. The number of rotatable bonds is 5. The second-order valence-corrected chi connectivity index (χ2v) is 4.73. The van der Waals surface area contributed by atoms with E-state index in [1.807, 2.05) is 42.5 Å². The Labute approximate surface area is 119 Å². The van der Waals surface area contributed by atoms with E-state index in [0.29, 0.717) is 0 Å². The van der Waals surface area contributed by atoms with E-state index < -0.39 is 0 Å². The highest BCUT2D eigenvalue weighted by atomic mass is 35.5. The number of ether oxygens (including phenoxy) is 1. The quantitative estimate of drug-likeness (QED) is 0.837. The molecule has 0 aliphatic heterocycles. The third kappa shape index (κ3) is 3.21. The van der Waals surface area contributed by atoms with Crippen LogP contribution in [0.15, 0.2) is 48.5 Å². The van der Waals surface area contributed by atoms with Crippen LogP contribution in [0.2, 0.25) is 5.02 Å². The fourth-order valence-corrected chi connectivity index (χ4v) is 2.31. The maximum absolute atomic E-state index is 6.19. The molecule has 0 saturated carbocycles. The third-order valence-corrected chi connectivity index (χ3v) is 3.46. The summed E-state index contributed by atoms with van der Waals surface area (Å²) in [6, 6.07) is 16.0. The highest BCUT2D eigenvalue weighted by Crippen LogP contribution is 2.32. The first-order valence-corrected chi connectivity index (χ1v) is 6.78. The molecule has 0 fully saturated rings. The summed E-state index contributed by atoms with van der Waals surface area (Å²) >= 11 is 6.19. The van der Waals surface area contributed by atoms with Crippen molar-refractivity contribution in [2.45, 2.75) is 19.4 Å². The summed E-state index contributed by atoms with van der Waals surface area (Å²) in [6.45, 7) is 2.14. The highest BCUT2D eigenvalue weighted by molar-refractivity contribution is 6.33. The van der Waals surface area contributed by atoms with E-state index in [-0.39, 0.29) is 6.04 Å². The SMILES string of the molecule is CCC(Nc1ccccc1Cl)c1ccccc1OC. The summed E-state index contributed by atoms with van der Waals surface area (Å²) in [4.78, 5) is 0. The molecule has 0 aromatic heterocycles.